The molecule has 2 amide bonds. The minimum Gasteiger partial charge on any atom is -0.493 e. The molecule has 0 saturated carbocycles. The summed E-state index contributed by atoms with van der Waals surface area (Å²) >= 11 is 0. The van der Waals surface area contributed by atoms with Gasteiger partial charge in [0.05, 0.1) is 21.3 Å². The molecule has 2 aliphatic rings. The Bertz CT molecular complexity index is 759. The van der Waals surface area contributed by atoms with Crippen molar-refractivity contribution in [2.75, 3.05) is 60.6 Å². The number of piperidine rings is 1. The number of carbonyl (C=O) groups is 2. The van der Waals surface area contributed by atoms with Crippen LogP contribution >= 0.6 is 0 Å². The average molecular weight is 462 g/mol. The van der Waals surface area contributed by atoms with Crippen LogP contribution in [0.2, 0.25) is 0 Å². The van der Waals surface area contributed by atoms with Crippen LogP contribution in [-0.2, 0) is 4.79 Å². The molecule has 33 heavy (non-hydrogen) atoms. The standard InChI is InChI=1S/C25H39N3O5/c1-31-21-17-20(18-22(32-2)24(21)33-3)25(30)28-13-8-19(9-14-28)16-23(29)26-10-15-27-11-6-4-5-7-12-27/h17-19H,4-16H2,1-3H3,(H,26,29). The summed E-state index contributed by atoms with van der Waals surface area (Å²) < 4.78 is 16.1. The molecule has 1 N–H and O–H groups in total. The maximum atomic E-state index is 13.1. The molecule has 3 rings (SSSR count). The third kappa shape index (κ3) is 7.00. The van der Waals surface area contributed by atoms with Gasteiger partial charge >= 0.3 is 0 Å². The number of ether oxygens (including phenoxy) is 3. The molecular formula is C25H39N3O5. The monoisotopic (exact) mass is 461 g/mol. The van der Waals surface area contributed by atoms with Gasteiger partial charge in [-0.25, -0.2) is 0 Å². The number of likely N-dealkylation sites (tertiary alicyclic amines) is 2. The Kier molecular flexibility index (Phi) is 9.66. The third-order valence-electron chi connectivity index (χ3n) is 6.74. The van der Waals surface area contributed by atoms with Crippen molar-refractivity contribution in [1.82, 2.24) is 15.1 Å². The fourth-order valence-electron chi connectivity index (χ4n) is 4.77. The van der Waals surface area contributed by atoms with Crippen LogP contribution in [0.15, 0.2) is 12.1 Å². The average Bonchev–Trinajstić information content (AvgIpc) is 3.12. The molecule has 0 atom stereocenters. The maximum Gasteiger partial charge on any atom is 0.254 e. The molecule has 0 unspecified atom stereocenters. The van der Waals surface area contributed by atoms with E-state index in [4.69, 9.17) is 14.2 Å². The van der Waals surface area contributed by atoms with Gasteiger partial charge in [0.1, 0.15) is 0 Å². The summed E-state index contributed by atoms with van der Waals surface area (Å²) in [5.74, 6) is 1.77. The Morgan fingerprint density at radius 1 is 0.909 bits per heavy atom. The zero-order chi connectivity index (χ0) is 23.6. The molecule has 2 aliphatic heterocycles. The minimum absolute atomic E-state index is 0.0606. The van der Waals surface area contributed by atoms with E-state index in [-0.39, 0.29) is 11.8 Å². The van der Waals surface area contributed by atoms with Gasteiger partial charge in [-0.1, -0.05) is 12.8 Å². The molecule has 8 nitrogen and oxygen atoms in total. The second-order valence-corrected chi connectivity index (χ2v) is 8.96. The Morgan fingerprint density at radius 3 is 2.06 bits per heavy atom. The largest absolute Gasteiger partial charge is 0.493 e. The van der Waals surface area contributed by atoms with E-state index in [2.05, 4.69) is 10.2 Å². The molecular weight excluding hydrogens is 422 g/mol. The van der Waals surface area contributed by atoms with Crippen molar-refractivity contribution in [3.63, 3.8) is 0 Å². The summed E-state index contributed by atoms with van der Waals surface area (Å²) in [7, 11) is 4.61. The highest BCUT2D eigenvalue weighted by molar-refractivity contribution is 5.95. The number of hydrogen-bond donors (Lipinski definition) is 1. The van der Waals surface area contributed by atoms with Crippen LogP contribution in [0.3, 0.4) is 0 Å². The number of rotatable bonds is 9. The molecule has 2 saturated heterocycles. The summed E-state index contributed by atoms with van der Waals surface area (Å²) in [5.41, 5.74) is 0.509. The van der Waals surface area contributed by atoms with Gasteiger partial charge in [-0.15, -0.1) is 0 Å². The van der Waals surface area contributed by atoms with Gasteiger partial charge in [-0.2, -0.15) is 0 Å². The van der Waals surface area contributed by atoms with Crippen molar-refractivity contribution < 1.29 is 23.8 Å². The van der Waals surface area contributed by atoms with Crippen molar-refractivity contribution in [3.8, 4) is 17.2 Å². The Labute approximate surface area is 197 Å². The Balaban J connectivity index is 1.44. The first kappa shape index (κ1) is 25.1. The number of nitrogens with one attached hydrogen (secondary N) is 1. The second-order valence-electron chi connectivity index (χ2n) is 8.96. The topological polar surface area (TPSA) is 80.3 Å². The van der Waals surface area contributed by atoms with Crippen LogP contribution in [0.25, 0.3) is 0 Å². The van der Waals surface area contributed by atoms with E-state index >= 15 is 0 Å². The van der Waals surface area contributed by atoms with E-state index in [9.17, 15) is 9.59 Å². The smallest absolute Gasteiger partial charge is 0.254 e. The Morgan fingerprint density at radius 2 is 1.52 bits per heavy atom. The number of benzene rings is 1. The van der Waals surface area contributed by atoms with Gasteiger partial charge < -0.3 is 29.3 Å². The molecule has 2 fully saturated rings. The van der Waals surface area contributed by atoms with Gasteiger partial charge in [-0.3, -0.25) is 9.59 Å². The summed E-state index contributed by atoms with van der Waals surface area (Å²) in [5, 5.41) is 3.09. The summed E-state index contributed by atoms with van der Waals surface area (Å²) in [6, 6.07) is 3.38. The highest BCUT2D eigenvalue weighted by Gasteiger charge is 2.27. The highest BCUT2D eigenvalue weighted by Crippen LogP contribution is 2.38. The number of nitrogens with zero attached hydrogens (tertiary/aromatic N) is 2. The first-order valence-electron chi connectivity index (χ1n) is 12.1. The Hall–Kier alpha value is -2.48. The molecule has 1 aromatic rings. The van der Waals surface area contributed by atoms with Gasteiger partial charge in [0, 0.05) is 38.2 Å². The molecule has 0 bridgehead atoms. The fraction of sp³-hybridized carbons (Fsp3) is 0.680. The molecule has 0 radical (unpaired) electrons. The summed E-state index contributed by atoms with van der Waals surface area (Å²) in [6.45, 7) is 5.23. The second kappa shape index (κ2) is 12.7. The van der Waals surface area contributed by atoms with Crippen molar-refractivity contribution in [2.45, 2.75) is 44.9 Å². The van der Waals surface area contributed by atoms with Crippen molar-refractivity contribution in [3.05, 3.63) is 17.7 Å². The van der Waals surface area contributed by atoms with E-state index in [0.717, 1.165) is 39.0 Å². The van der Waals surface area contributed by atoms with Gasteiger partial charge in [-0.05, 0) is 56.8 Å². The summed E-state index contributed by atoms with van der Waals surface area (Å²) in [4.78, 5) is 29.8. The number of hydrogen-bond acceptors (Lipinski definition) is 6. The van der Waals surface area contributed by atoms with E-state index in [0.29, 0.717) is 48.2 Å². The van der Waals surface area contributed by atoms with Crippen molar-refractivity contribution in [1.29, 1.82) is 0 Å². The third-order valence-corrected chi connectivity index (χ3v) is 6.74. The molecule has 0 aliphatic carbocycles. The van der Waals surface area contributed by atoms with Crippen LogP contribution in [0.4, 0.5) is 0 Å². The summed E-state index contributed by atoms with van der Waals surface area (Å²) in [6.07, 6.45) is 7.37. The van der Waals surface area contributed by atoms with Crippen LogP contribution in [0.5, 0.6) is 17.2 Å². The quantitative estimate of drug-likeness (QED) is 0.609. The molecule has 1 aromatic carbocycles. The van der Waals surface area contributed by atoms with Gasteiger partial charge in [0.25, 0.3) is 5.91 Å². The predicted molar refractivity (Wildman–Crippen MR) is 127 cm³/mol. The molecule has 0 spiro atoms. The molecule has 8 heteroatoms. The van der Waals surface area contributed by atoms with Crippen LogP contribution < -0.4 is 19.5 Å². The lowest BCUT2D eigenvalue weighted by atomic mass is 9.93. The minimum atomic E-state index is -0.0606. The molecule has 184 valence electrons. The number of carbonyl (C=O) groups excluding carboxylic acids is 2. The van der Waals surface area contributed by atoms with Crippen molar-refractivity contribution >= 4 is 11.8 Å². The van der Waals surface area contributed by atoms with Crippen LogP contribution in [0.1, 0.15) is 55.3 Å². The van der Waals surface area contributed by atoms with E-state index in [1.807, 2.05) is 4.90 Å². The van der Waals surface area contributed by atoms with Crippen LogP contribution in [-0.4, -0.2) is 82.2 Å². The lowest BCUT2D eigenvalue weighted by molar-refractivity contribution is -0.122. The number of amides is 2. The lowest BCUT2D eigenvalue weighted by Gasteiger charge is -2.32. The SMILES string of the molecule is COc1cc(C(=O)N2CCC(CC(=O)NCCN3CCCCCC3)CC2)cc(OC)c1OC. The van der Waals surface area contributed by atoms with Gasteiger partial charge in [0.15, 0.2) is 11.5 Å². The maximum absolute atomic E-state index is 13.1. The van der Waals surface area contributed by atoms with E-state index < -0.39 is 0 Å². The predicted octanol–water partition coefficient (Wildman–Crippen LogP) is 2.95. The highest BCUT2D eigenvalue weighted by atomic mass is 16.5. The molecule has 2 heterocycles. The van der Waals surface area contributed by atoms with Gasteiger partial charge in [0.2, 0.25) is 11.7 Å². The first-order valence-corrected chi connectivity index (χ1v) is 12.1. The normalized spacial score (nSPS) is 17.8. The fourth-order valence-corrected chi connectivity index (χ4v) is 4.77. The van der Waals surface area contributed by atoms with E-state index in [1.54, 1.807) is 12.1 Å². The van der Waals surface area contributed by atoms with E-state index in [1.165, 1.54) is 47.0 Å². The number of methoxy groups -OCH3 is 3. The lowest BCUT2D eigenvalue weighted by Crippen LogP contribution is -2.40. The molecule has 0 aromatic heterocycles. The van der Waals surface area contributed by atoms with Crippen molar-refractivity contribution in [2.24, 2.45) is 5.92 Å². The first-order chi connectivity index (χ1) is 16.0. The zero-order valence-corrected chi connectivity index (χ0v) is 20.4. The van der Waals surface area contributed by atoms with Crippen LogP contribution in [0, 0.1) is 5.92 Å². The zero-order valence-electron chi connectivity index (χ0n) is 20.4.